The molecule has 0 aliphatic heterocycles. The van der Waals surface area contributed by atoms with Crippen LogP contribution in [0.2, 0.25) is 0 Å². The molecule has 20 heavy (non-hydrogen) atoms. The number of nitrogens with one attached hydrogen (secondary N) is 1. The highest BCUT2D eigenvalue weighted by molar-refractivity contribution is 9.10. The van der Waals surface area contributed by atoms with Gasteiger partial charge in [-0.1, -0.05) is 6.92 Å². The molecule has 0 aliphatic rings. The molecule has 0 saturated heterocycles. The summed E-state index contributed by atoms with van der Waals surface area (Å²) in [5, 5.41) is 5.47. The van der Waals surface area contributed by atoms with Crippen LogP contribution in [-0.4, -0.2) is 16.5 Å². The van der Waals surface area contributed by atoms with E-state index in [2.05, 4.69) is 31.2 Å². The van der Waals surface area contributed by atoms with Gasteiger partial charge in [-0.05, 0) is 22.0 Å². The quantitative estimate of drug-likeness (QED) is 0.864. The van der Waals surface area contributed by atoms with Crippen LogP contribution in [0.3, 0.4) is 0 Å². The monoisotopic (exact) mass is 365 g/mol. The van der Waals surface area contributed by atoms with Gasteiger partial charge in [0.25, 0.3) is 0 Å². The Bertz CT molecular complexity index is 572. The molecule has 2 heterocycles. The molecule has 0 spiro atoms. The van der Waals surface area contributed by atoms with E-state index < -0.39 is 11.7 Å². The third-order valence-electron chi connectivity index (χ3n) is 2.61. The van der Waals surface area contributed by atoms with E-state index in [0.717, 1.165) is 11.1 Å². The maximum atomic E-state index is 12.9. The summed E-state index contributed by atoms with van der Waals surface area (Å²) in [6, 6.07) is 1.02. The molecule has 2 aromatic heterocycles. The van der Waals surface area contributed by atoms with Crippen molar-refractivity contribution < 1.29 is 13.2 Å². The number of nitrogens with zero attached hydrogens (tertiary/aromatic N) is 2. The second kappa shape index (κ2) is 6.09. The Labute approximate surface area is 126 Å². The highest BCUT2D eigenvalue weighted by atomic mass is 79.9. The summed E-state index contributed by atoms with van der Waals surface area (Å²) < 4.78 is 39.0. The van der Waals surface area contributed by atoms with Gasteiger partial charge in [-0.3, -0.25) is 0 Å². The molecule has 0 amide bonds. The van der Waals surface area contributed by atoms with Gasteiger partial charge in [-0.15, -0.1) is 11.3 Å². The van der Waals surface area contributed by atoms with E-state index >= 15 is 0 Å². The van der Waals surface area contributed by atoms with Gasteiger partial charge < -0.3 is 5.32 Å². The standard InChI is InChI=1S/C12H11BrF3N3S/c1-7(11-17-2-3-20-11)5-18-10-9(12(14,15)16)4-8(13)6-19-10/h2-4,6-7H,5H2,1H3,(H,18,19). The van der Waals surface area contributed by atoms with E-state index in [0.29, 0.717) is 11.0 Å². The summed E-state index contributed by atoms with van der Waals surface area (Å²) in [5.74, 6) is -0.148. The summed E-state index contributed by atoms with van der Waals surface area (Å²) in [6.07, 6.45) is -1.43. The molecule has 2 rings (SSSR count). The predicted octanol–water partition coefficient (Wildman–Crippen LogP) is 4.54. The topological polar surface area (TPSA) is 37.8 Å². The van der Waals surface area contributed by atoms with Gasteiger partial charge in [0, 0.05) is 34.7 Å². The van der Waals surface area contributed by atoms with Crippen molar-refractivity contribution in [1.29, 1.82) is 0 Å². The third kappa shape index (κ3) is 3.69. The number of alkyl halides is 3. The fraction of sp³-hybridized carbons (Fsp3) is 0.333. The number of rotatable bonds is 4. The zero-order valence-corrected chi connectivity index (χ0v) is 12.8. The number of hydrogen-bond acceptors (Lipinski definition) is 4. The van der Waals surface area contributed by atoms with Crippen LogP contribution in [0.1, 0.15) is 23.4 Å². The predicted molar refractivity (Wildman–Crippen MR) is 76.0 cm³/mol. The maximum absolute atomic E-state index is 12.9. The second-order valence-corrected chi connectivity index (χ2v) is 6.04. The number of aromatic nitrogens is 2. The number of anilines is 1. The van der Waals surface area contributed by atoms with E-state index in [1.807, 2.05) is 12.3 Å². The second-order valence-electron chi connectivity index (χ2n) is 4.20. The smallest absolute Gasteiger partial charge is 0.369 e. The Morgan fingerprint density at radius 3 is 2.75 bits per heavy atom. The van der Waals surface area contributed by atoms with E-state index in [1.165, 1.54) is 17.5 Å². The summed E-state index contributed by atoms with van der Waals surface area (Å²) >= 11 is 4.48. The van der Waals surface area contributed by atoms with Gasteiger partial charge in [-0.2, -0.15) is 13.2 Å². The first-order valence-electron chi connectivity index (χ1n) is 5.74. The lowest BCUT2D eigenvalue weighted by Gasteiger charge is -2.15. The highest BCUT2D eigenvalue weighted by Gasteiger charge is 2.34. The first kappa shape index (κ1) is 15.2. The molecule has 108 valence electrons. The Kier molecular flexibility index (Phi) is 4.64. The fourth-order valence-electron chi connectivity index (χ4n) is 1.61. The molecule has 0 bridgehead atoms. The van der Waals surface area contributed by atoms with Gasteiger partial charge in [0.2, 0.25) is 0 Å². The van der Waals surface area contributed by atoms with Crippen molar-refractivity contribution in [3.63, 3.8) is 0 Å². The molecule has 0 saturated carbocycles. The summed E-state index contributed by atoms with van der Waals surface area (Å²) in [7, 11) is 0. The van der Waals surface area contributed by atoms with Crippen LogP contribution < -0.4 is 5.32 Å². The van der Waals surface area contributed by atoms with Crippen LogP contribution in [0.25, 0.3) is 0 Å². The van der Waals surface area contributed by atoms with Gasteiger partial charge in [0.15, 0.2) is 0 Å². The number of thiazole rings is 1. The van der Waals surface area contributed by atoms with E-state index in [1.54, 1.807) is 6.20 Å². The molecule has 2 aromatic rings. The number of hydrogen-bond donors (Lipinski definition) is 1. The van der Waals surface area contributed by atoms with Crippen molar-refractivity contribution >= 4 is 33.1 Å². The minimum atomic E-state index is -4.44. The van der Waals surface area contributed by atoms with Crippen LogP contribution in [0.15, 0.2) is 28.3 Å². The molecule has 1 atom stereocenters. The molecule has 8 heteroatoms. The molecule has 0 radical (unpaired) electrons. The lowest BCUT2D eigenvalue weighted by atomic mass is 10.2. The normalized spacial score (nSPS) is 13.2. The van der Waals surface area contributed by atoms with Crippen LogP contribution in [0.4, 0.5) is 19.0 Å². The number of halogens is 4. The van der Waals surface area contributed by atoms with Crippen molar-refractivity contribution in [3.05, 3.63) is 38.9 Å². The van der Waals surface area contributed by atoms with Gasteiger partial charge in [0.1, 0.15) is 5.82 Å². The Morgan fingerprint density at radius 2 is 2.15 bits per heavy atom. The lowest BCUT2D eigenvalue weighted by Crippen LogP contribution is -2.16. The summed E-state index contributed by atoms with van der Waals surface area (Å²) in [6.45, 7) is 2.24. The van der Waals surface area contributed by atoms with Crippen molar-refractivity contribution in [1.82, 2.24) is 9.97 Å². The SMILES string of the molecule is CC(CNc1ncc(Br)cc1C(F)(F)F)c1nccs1. The minimum Gasteiger partial charge on any atom is -0.369 e. The Morgan fingerprint density at radius 1 is 1.40 bits per heavy atom. The van der Waals surface area contributed by atoms with Crippen molar-refractivity contribution in [3.8, 4) is 0 Å². The highest BCUT2D eigenvalue weighted by Crippen LogP contribution is 2.35. The van der Waals surface area contributed by atoms with E-state index in [-0.39, 0.29) is 11.7 Å². The average molecular weight is 366 g/mol. The van der Waals surface area contributed by atoms with Crippen molar-refractivity contribution in [2.24, 2.45) is 0 Å². The molecule has 0 fully saturated rings. The molecule has 3 nitrogen and oxygen atoms in total. The van der Waals surface area contributed by atoms with E-state index in [9.17, 15) is 13.2 Å². The first-order valence-corrected chi connectivity index (χ1v) is 7.41. The largest absolute Gasteiger partial charge is 0.419 e. The van der Waals surface area contributed by atoms with Crippen LogP contribution >= 0.6 is 27.3 Å². The molecule has 1 unspecified atom stereocenters. The first-order chi connectivity index (χ1) is 9.38. The maximum Gasteiger partial charge on any atom is 0.419 e. The van der Waals surface area contributed by atoms with Crippen LogP contribution in [0, 0.1) is 0 Å². The summed E-state index contributed by atoms with van der Waals surface area (Å²) in [4.78, 5) is 7.95. The fourth-order valence-corrected chi connectivity index (χ4v) is 2.64. The molecular weight excluding hydrogens is 355 g/mol. The van der Waals surface area contributed by atoms with Gasteiger partial charge >= 0.3 is 6.18 Å². The minimum absolute atomic E-state index is 0.0153. The molecule has 1 N–H and O–H groups in total. The average Bonchev–Trinajstić information content (AvgIpc) is 2.89. The zero-order valence-electron chi connectivity index (χ0n) is 10.4. The summed E-state index contributed by atoms with van der Waals surface area (Å²) in [5.41, 5.74) is -0.779. The number of pyridine rings is 1. The lowest BCUT2D eigenvalue weighted by molar-refractivity contribution is -0.137. The molecule has 0 aromatic carbocycles. The van der Waals surface area contributed by atoms with Gasteiger partial charge in [0.05, 0.1) is 10.6 Å². The van der Waals surface area contributed by atoms with Crippen molar-refractivity contribution in [2.75, 3.05) is 11.9 Å². The Balaban J connectivity index is 2.13. The van der Waals surface area contributed by atoms with Crippen LogP contribution in [-0.2, 0) is 6.18 Å². The molecule has 0 aliphatic carbocycles. The van der Waals surface area contributed by atoms with Gasteiger partial charge in [-0.25, -0.2) is 9.97 Å². The zero-order chi connectivity index (χ0) is 14.8. The Hall–Kier alpha value is -1.15. The van der Waals surface area contributed by atoms with E-state index in [4.69, 9.17) is 0 Å². The molecular formula is C12H11BrF3N3S. The third-order valence-corrected chi connectivity index (χ3v) is 4.05. The van der Waals surface area contributed by atoms with Crippen LogP contribution in [0.5, 0.6) is 0 Å². The van der Waals surface area contributed by atoms with Crippen molar-refractivity contribution in [2.45, 2.75) is 19.0 Å².